The lowest BCUT2D eigenvalue weighted by atomic mass is 9.90. The highest BCUT2D eigenvalue weighted by Crippen LogP contribution is 2.42. The van der Waals surface area contributed by atoms with Crippen molar-refractivity contribution in [3.05, 3.63) is 12.2 Å². The number of nitrogens with one attached hydrogen (secondary N) is 2. The van der Waals surface area contributed by atoms with Gasteiger partial charge in [0.25, 0.3) is 0 Å². The molecule has 0 unspecified atom stereocenters. The maximum absolute atomic E-state index is 9.75. The van der Waals surface area contributed by atoms with Crippen molar-refractivity contribution in [2.45, 2.75) is 114 Å². The Balaban J connectivity index is 0.000000418. The summed E-state index contributed by atoms with van der Waals surface area (Å²) >= 11 is 0. The van der Waals surface area contributed by atoms with Crippen LogP contribution in [0.2, 0.25) is 0 Å². The van der Waals surface area contributed by atoms with E-state index in [0.29, 0.717) is 18.2 Å². The second-order valence-corrected chi connectivity index (χ2v) is 9.63. The second-order valence-electron chi connectivity index (χ2n) is 9.63. The first kappa shape index (κ1) is 22.9. The SMILES string of the molecule is CC[C@H]1C=CCC[C@@]2(C[C@@H]3CC[C@@H]4C[C@]5(CCC[C@@H](C)O5)NC(=[N+]43)N2)O1.F[B-](F)(F)F. The monoisotopic (exact) mass is 447 g/mol. The van der Waals surface area contributed by atoms with Crippen LogP contribution in [0.5, 0.6) is 0 Å². The fraction of sp³-hybridized carbons (Fsp3) is 0.857. The lowest BCUT2D eigenvalue weighted by molar-refractivity contribution is -0.603. The highest BCUT2D eigenvalue weighted by Gasteiger charge is 2.57. The molecular weight excluding hydrogens is 413 g/mol. The summed E-state index contributed by atoms with van der Waals surface area (Å²) in [5.74, 6) is 1.18. The maximum atomic E-state index is 9.75. The van der Waals surface area contributed by atoms with E-state index >= 15 is 0 Å². The van der Waals surface area contributed by atoms with E-state index in [4.69, 9.17) is 9.47 Å². The van der Waals surface area contributed by atoms with E-state index in [0.717, 1.165) is 38.5 Å². The minimum Gasteiger partial charge on any atom is -0.418 e. The first-order chi connectivity index (χ1) is 14.6. The quantitative estimate of drug-likeness (QED) is 0.272. The van der Waals surface area contributed by atoms with E-state index in [9.17, 15) is 17.3 Å². The third-order valence-corrected chi connectivity index (χ3v) is 7.16. The van der Waals surface area contributed by atoms with Gasteiger partial charge in [-0.25, -0.2) is 10.6 Å². The summed E-state index contributed by atoms with van der Waals surface area (Å²) in [5, 5.41) is 7.69. The number of halogens is 4. The van der Waals surface area contributed by atoms with Gasteiger partial charge in [0.2, 0.25) is 0 Å². The van der Waals surface area contributed by atoms with Crippen LogP contribution in [0.15, 0.2) is 12.2 Å². The third kappa shape index (κ3) is 5.21. The zero-order valence-corrected chi connectivity index (χ0v) is 18.4. The average molecular weight is 447 g/mol. The fourth-order valence-electron chi connectivity index (χ4n) is 6.02. The van der Waals surface area contributed by atoms with Gasteiger partial charge in [-0.05, 0) is 45.4 Å². The molecular formula is C21H34BF4N3O2. The molecule has 2 N–H and O–H groups in total. The summed E-state index contributed by atoms with van der Waals surface area (Å²) in [6.07, 6.45) is 16.6. The molecule has 5 aliphatic rings. The van der Waals surface area contributed by atoms with Crippen molar-refractivity contribution in [1.82, 2.24) is 10.6 Å². The van der Waals surface area contributed by atoms with Crippen LogP contribution in [0, 0.1) is 0 Å². The standard InChI is InChI=1S/C21H33N3O2.BF4/c1-3-18-8-4-5-11-21(26-18)14-17-10-9-16-13-20(12-6-7-15(2)25-20)22-19(23-21)24(16)17;2-1(3,4)5/h4,8,15-18H,3,5-7,9-14H2,1-2H3,(H,22,23);/q;-1/p+1/t15-,16-,17+,18+,20-,21+;/m1./s1. The predicted octanol–water partition coefficient (Wildman–Crippen LogP) is 4.30. The van der Waals surface area contributed by atoms with Crippen molar-refractivity contribution in [2.75, 3.05) is 0 Å². The number of hydrogen-bond donors (Lipinski definition) is 2. The number of allylic oxidation sites excluding steroid dienone is 1. The minimum absolute atomic E-state index is 0.179. The molecule has 0 bridgehead atoms. The smallest absolute Gasteiger partial charge is 0.418 e. The number of rotatable bonds is 1. The van der Waals surface area contributed by atoms with Crippen LogP contribution in [0.3, 0.4) is 0 Å². The molecule has 10 heteroatoms. The second kappa shape index (κ2) is 8.58. The molecule has 0 radical (unpaired) electrons. The van der Waals surface area contributed by atoms with E-state index in [1.807, 2.05) is 0 Å². The van der Waals surface area contributed by atoms with E-state index in [1.165, 1.54) is 31.6 Å². The highest BCUT2D eigenvalue weighted by atomic mass is 19.5. The van der Waals surface area contributed by atoms with E-state index in [1.54, 1.807) is 0 Å². The van der Waals surface area contributed by atoms with Crippen LogP contribution < -0.4 is 10.6 Å². The molecule has 2 spiro atoms. The van der Waals surface area contributed by atoms with Gasteiger partial charge in [-0.3, -0.25) is 4.58 Å². The fourth-order valence-corrected chi connectivity index (χ4v) is 6.02. The minimum atomic E-state index is -6.00. The molecule has 2 fully saturated rings. The number of nitrogens with zero attached hydrogens (tertiary/aromatic N) is 1. The lowest BCUT2D eigenvalue weighted by Gasteiger charge is -2.47. The van der Waals surface area contributed by atoms with Crippen molar-refractivity contribution in [3.63, 3.8) is 0 Å². The summed E-state index contributed by atoms with van der Waals surface area (Å²) < 4.78 is 54.8. The Morgan fingerprint density at radius 3 is 2.23 bits per heavy atom. The van der Waals surface area contributed by atoms with Crippen LogP contribution in [0.25, 0.3) is 0 Å². The van der Waals surface area contributed by atoms with E-state index in [-0.39, 0.29) is 17.6 Å². The van der Waals surface area contributed by atoms with Crippen LogP contribution >= 0.6 is 0 Å². The van der Waals surface area contributed by atoms with Crippen molar-refractivity contribution >= 4 is 13.2 Å². The molecule has 5 rings (SSSR count). The van der Waals surface area contributed by atoms with Gasteiger partial charge in [-0.2, -0.15) is 0 Å². The van der Waals surface area contributed by atoms with Crippen LogP contribution in [-0.2, 0) is 9.47 Å². The molecule has 5 heterocycles. The van der Waals surface area contributed by atoms with Gasteiger partial charge < -0.3 is 26.7 Å². The number of guanidine groups is 1. The molecule has 0 aromatic heterocycles. The van der Waals surface area contributed by atoms with Crippen LogP contribution in [-0.4, -0.2) is 53.5 Å². The van der Waals surface area contributed by atoms with Crippen molar-refractivity contribution in [1.29, 1.82) is 0 Å². The van der Waals surface area contributed by atoms with Crippen LogP contribution in [0.4, 0.5) is 17.3 Å². The first-order valence-corrected chi connectivity index (χ1v) is 11.7. The number of ether oxygens (including phenoxy) is 2. The predicted molar refractivity (Wildman–Crippen MR) is 111 cm³/mol. The summed E-state index contributed by atoms with van der Waals surface area (Å²) in [6, 6.07) is 1.20. The Morgan fingerprint density at radius 1 is 1.03 bits per heavy atom. The number of hydrogen-bond acceptors (Lipinski definition) is 4. The van der Waals surface area contributed by atoms with Gasteiger partial charge in [-0.15, -0.1) is 0 Å². The molecule has 0 aromatic rings. The molecule has 0 aromatic carbocycles. The Bertz CT molecular complexity index is 728. The summed E-state index contributed by atoms with van der Waals surface area (Å²) in [4.78, 5) is 0. The normalized spacial score (nSPS) is 41.7. The van der Waals surface area contributed by atoms with E-state index < -0.39 is 7.25 Å². The van der Waals surface area contributed by atoms with Gasteiger partial charge >= 0.3 is 13.2 Å². The molecule has 0 amide bonds. The van der Waals surface area contributed by atoms with Gasteiger partial charge in [0.15, 0.2) is 11.4 Å². The first-order valence-electron chi connectivity index (χ1n) is 11.7. The molecule has 2 saturated heterocycles. The van der Waals surface area contributed by atoms with Gasteiger partial charge in [-0.1, -0.05) is 19.1 Å². The molecule has 5 aliphatic heterocycles. The maximum Gasteiger partial charge on any atom is 0.673 e. The largest absolute Gasteiger partial charge is 0.673 e. The lowest BCUT2D eigenvalue weighted by Crippen LogP contribution is -2.72. The van der Waals surface area contributed by atoms with Gasteiger partial charge in [0.1, 0.15) is 0 Å². The molecule has 5 nitrogen and oxygen atoms in total. The Morgan fingerprint density at radius 2 is 1.65 bits per heavy atom. The Hall–Kier alpha value is -1.29. The summed E-state index contributed by atoms with van der Waals surface area (Å²) in [6.45, 7) is 4.44. The summed E-state index contributed by atoms with van der Waals surface area (Å²) in [5.41, 5.74) is -0.414. The third-order valence-electron chi connectivity index (χ3n) is 7.16. The van der Waals surface area contributed by atoms with Gasteiger partial charge in [0, 0.05) is 25.7 Å². The van der Waals surface area contributed by atoms with E-state index in [2.05, 4.69) is 41.2 Å². The van der Waals surface area contributed by atoms with Gasteiger partial charge in [0.05, 0.1) is 24.3 Å². The van der Waals surface area contributed by atoms with Crippen molar-refractivity contribution < 1.29 is 31.3 Å². The average Bonchev–Trinajstić information content (AvgIpc) is 2.94. The summed E-state index contributed by atoms with van der Waals surface area (Å²) in [7, 11) is -6.00. The van der Waals surface area contributed by atoms with Crippen LogP contribution in [0.1, 0.15) is 78.1 Å². The Kier molecular flexibility index (Phi) is 6.33. The molecule has 176 valence electrons. The van der Waals surface area contributed by atoms with Crippen molar-refractivity contribution in [2.24, 2.45) is 0 Å². The highest BCUT2D eigenvalue weighted by molar-refractivity contribution is 6.50. The molecule has 0 saturated carbocycles. The molecule has 6 atom stereocenters. The zero-order chi connectivity index (χ0) is 22.3. The van der Waals surface area contributed by atoms with Crippen molar-refractivity contribution in [3.8, 4) is 0 Å². The zero-order valence-electron chi connectivity index (χ0n) is 18.4. The molecule has 0 aliphatic carbocycles. The topological polar surface area (TPSA) is 45.5 Å². The Labute approximate surface area is 181 Å². The molecule has 31 heavy (non-hydrogen) atoms.